The Bertz CT molecular complexity index is 701. The van der Waals surface area contributed by atoms with E-state index in [0.29, 0.717) is 29.1 Å². The molecule has 1 amide bonds. The minimum Gasteiger partial charge on any atom is -0.342 e. The van der Waals surface area contributed by atoms with Gasteiger partial charge in [0, 0.05) is 18.2 Å². The number of nitrogens with zero attached hydrogens (tertiary/aromatic N) is 2. The number of amides is 1. The molecular formula is C15H13FN3O. The molecule has 2 heterocycles. The summed E-state index contributed by atoms with van der Waals surface area (Å²) < 4.78 is 14.0. The van der Waals surface area contributed by atoms with Crippen LogP contribution in [0.1, 0.15) is 34.4 Å². The molecule has 1 aromatic heterocycles. The molecule has 1 aromatic carbocycles. The number of hydrogen-bond donors (Lipinski definition) is 1. The number of fused-ring (bicyclic) bond motifs is 1. The van der Waals surface area contributed by atoms with E-state index in [9.17, 15) is 9.18 Å². The van der Waals surface area contributed by atoms with Gasteiger partial charge < -0.3 is 5.32 Å². The van der Waals surface area contributed by atoms with E-state index < -0.39 is 5.54 Å². The Morgan fingerprint density at radius 1 is 1.50 bits per heavy atom. The lowest BCUT2D eigenvalue weighted by Crippen LogP contribution is -2.50. The minimum absolute atomic E-state index is 0.281. The van der Waals surface area contributed by atoms with Crippen molar-refractivity contribution in [2.24, 2.45) is 0 Å². The number of nitrogens with one attached hydrogen (secondary N) is 1. The SMILES string of the molecule is Cc1ncc2c(n1)CC(C)(c1c[c]ccc1F)NC2=O. The molecule has 0 saturated carbocycles. The Labute approximate surface area is 116 Å². The van der Waals surface area contributed by atoms with E-state index >= 15 is 0 Å². The molecule has 2 aromatic rings. The highest BCUT2D eigenvalue weighted by atomic mass is 19.1. The van der Waals surface area contributed by atoms with E-state index in [4.69, 9.17) is 0 Å². The van der Waals surface area contributed by atoms with Crippen LogP contribution in [0.4, 0.5) is 4.39 Å². The van der Waals surface area contributed by atoms with Crippen molar-refractivity contribution in [1.29, 1.82) is 0 Å². The summed E-state index contributed by atoms with van der Waals surface area (Å²) in [5.74, 6) is -0.0429. The van der Waals surface area contributed by atoms with Crippen molar-refractivity contribution in [3.05, 3.63) is 58.9 Å². The van der Waals surface area contributed by atoms with E-state index in [1.54, 1.807) is 19.9 Å². The fourth-order valence-electron chi connectivity index (χ4n) is 2.54. The molecule has 1 unspecified atom stereocenters. The molecule has 1 aliphatic heterocycles. The van der Waals surface area contributed by atoms with Crippen LogP contribution in [0.5, 0.6) is 0 Å². The molecule has 0 saturated heterocycles. The van der Waals surface area contributed by atoms with Crippen molar-refractivity contribution in [2.45, 2.75) is 25.8 Å². The molecule has 3 rings (SSSR count). The smallest absolute Gasteiger partial charge is 0.255 e. The largest absolute Gasteiger partial charge is 0.342 e. The van der Waals surface area contributed by atoms with Crippen LogP contribution in [0.15, 0.2) is 24.4 Å². The van der Waals surface area contributed by atoms with Gasteiger partial charge in [0.2, 0.25) is 0 Å². The molecule has 1 radical (unpaired) electrons. The Hall–Kier alpha value is -2.30. The van der Waals surface area contributed by atoms with Crippen molar-refractivity contribution in [3.63, 3.8) is 0 Å². The lowest BCUT2D eigenvalue weighted by molar-refractivity contribution is 0.0882. The zero-order valence-electron chi connectivity index (χ0n) is 11.2. The summed E-state index contributed by atoms with van der Waals surface area (Å²) in [6, 6.07) is 7.26. The summed E-state index contributed by atoms with van der Waals surface area (Å²) in [5.41, 5.74) is 0.683. The minimum atomic E-state index is -0.827. The lowest BCUT2D eigenvalue weighted by Gasteiger charge is -2.35. The van der Waals surface area contributed by atoms with Crippen molar-refractivity contribution >= 4 is 5.91 Å². The highest BCUT2D eigenvalue weighted by molar-refractivity contribution is 5.96. The first-order valence-electron chi connectivity index (χ1n) is 6.31. The predicted molar refractivity (Wildman–Crippen MR) is 70.5 cm³/mol. The Morgan fingerprint density at radius 3 is 3.05 bits per heavy atom. The fraction of sp³-hybridized carbons (Fsp3) is 0.267. The van der Waals surface area contributed by atoms with Crippen LogP contribution in [0.3, 0.4) is 0 Å². The van der Waals surface area contributed by atoms with Crippen LogP contribution in [0.25, 0.3) is 0 Å². The van der Waals surface area contributed by atoms with Gasteiger partial charge in [0.15, 0.2) is 0 Å². The lowest BCUT2D eigenvalue weighted by atomic mass is 9.83. The van der Waals surface area contributed by atoms with Gasteiger partial charge >= 0.3 is 0 Å². The topological polar surface area (TPSA) is 54.9 Å². The molecular weight excluding hydrogens is 257 g/mol. The van der Waals surface area contributed by atoms with Crippen LogP contribution in [0.2, 0.25) is 0 Å². The van der Waals surface area contributed by atoms with E-state index in [-0.39, 0.29) is 11.7 Å². The van der Waals surface area contributed by atoms with Gasteiger partial charge in [-0.05, 0) is 32.0 Å². The monoisotopic (exact) mass is 270 g/mol. The van der Waals surface area contributed by atoms with Crippen molar-refractivity contribution in [1.82, 2.24) is 15.3 Å². The van der Waals surface area contributed by atoms with Crippen LogP contribution in [-0.4, -0.2) is 15.9 Å². The van der Waals surface area contributed by atoms with Crippen molar-refractivity contribution < 1.29 is 9.18 Å². The van der Waals surface area contributed by atoms with Crippen LogP contribution in [0, 0.1) is 18.8 Å². The summed E-state index contributed by atoms with van der Waals surface area (Å²) >= 11 is 0. The van der Waals surface area contributed by atoms with E-state index in [0.717, 1.165) is 0 Å². The third-order valence-electron chi connectivity index (χ3n) is 3.55. The van der Waals surface area contributed by atoms with Gasteiger partial charge in [-0.2, -0.15) is 0 Å². The van der Waals surface area contributed by atoms with Gasteiger partial charge in [-0.3, -0.25) is 4.79 Å². The number of hydrogen-bond acceptors (Lipinski definition) is 3. The normalized spacial score (nSPS) is 21.2. The fourth-order valence-corrected chi connectivity index (χ4v) is 2.54. The molecule has 0 fully saturated rings. The maximum Gasteiger partial charge on any atom is 0.255 e. The summed E-state index contributed by atoms with van der Waals surface area (Å²) in [4.78, 5) is 20.5. The highest BCUT2D eigenvalue weighted by Gasteiger charge is 2.38. The second kappa shape index (κ2) is 4.37. The summed E-state index contributed by atoms with van der Waals surface area (Å²) in [7, 11) is 0. The van der Waals surface area contributed by atoms with Gasteiger partial charge in [-0.1, -0.05) is 6.07 Å². The summed E-state index contributed by atoms with van der Waals surface area (Å²) in [6.07, 6.45) is 1.94. The maximum absolute atomic E-state index is 14.0. The molecule has 0 bridgehead atoms. The van der Waals surface area contributed by atoms with E-state index in [1.807, 2.05) is 0 Å². The van der Waals surface area contributed by atoms with Gasteiger partial charge in [0.25, 0.3) is 5.91 Å². The Balaban J connectivity index is 2.10. The molecule has 1 aliphatic rings. The maximum atomic E-state index is 14.0. The molecule has 1 atom stereocenters. The van der Waals surface area contributed by atoms with Crippen LogP contribution < -0.4 is 5.32 Å². The number of rotatable bonds is 1. The van der Waals surface area contributed by atoms with Gasteiger partial charge in [-0.25, -0.2) is 14.4 Å². The zero-order valence-corrected chi connectivity index (χ0v) is 11.2. The number of carbonyl (C=O) groups is 1. The first-order chi connectivity index (χ1) is 9.49. The first-order valence-corrected chi connectivity index (χ1v) is 6.31. The molecule has 0 aliphatic carbocycles. The molecule has 4 nitrogen and oxygen atoms in total. The summed E-state index contributed by atoms with van der Waals surface area (Å²) in [5, 5.41) is 2.85. The molecule has 0 spiro atoms. The van der Waals surface area contributed by atoms with Crippen LogP contribution >= 0.6 is 0 Å². The number of aromatic nitrogens is 2. The average Bonchev–Trinajstić information content (AvgIpc) is 2.38. The van der Waals surface area contributed by atoms with Crippen molar-refractivity contribution in [3.8, 4) is 0 Å². The highest BCUT2D eigenvalue weighted by Crippen LogP contribution is 2.31. The number of benzene rings is 1. The molecule has 5 heteroatoms. The molecule has 1 N–H and O–H groups in total. The van der Waals surface area contributed by atoms with Gasteiger partial charge in [-0.15, -0.1) is 0 Å². The Morgan fingerprint density at radius 2 is 2.30 bits per heavy atom. The second-order valence-electron chi connectivity index (χ2n) is 5.15. The standard InChI is InChI=1S/C15H13FN3O/c1-9-17-8-10-13(18-9)7-15(2,19-14(10)20)11-5-3-4-6-12(11)16/h4-6,8H,7H2,1-2H3,(H,19,20). The first kappa shape index (κ1) is 12.7. The van der Waals surface area contributed by atoms with Gasteiger partial charge in [0.1, 0.15) is 11.6 Å². The quantitative estimate of drug-likeness (QED) is 0.861. The zero-order chi connectivity index (χ0) is 14.3. The molecule has 101 valence electrons. The number of carbonyl (C=O) groups excluding carboxylic acids is 1. The van der Waals surface area contributed by atoms with Crippen molar-refractivity contribution in [2.75, 3.05) is 0 Å². The van der Waals surface area contributed by atoms with Gasteiger partial charge in [0.05, 0.1) is 16.8 Å². The van der Waals surface area contributed by atoms with E-state index in [1.165, 1.54) is 18.3 Å². The number of halogens is 1. The van der Waals surface area contributed by atoms with Crippen LogP contribution in [-0.2, 0) is 12.0 Å². The second-order valence-corrected chi connectivity index (χ2v) is 5.15. The number of aryl methyl sites for hydroxylation is 1. The third kappa shape index (κ3) is 1.95. The summed E-state index contributed by atoms with van der Waals surface area (Å²) in [6.45, 7) is 3.55. The molecule has 20 heavy (non-hydrogen) atoms. The Kier molecular flexibility index (Phi) is 2.78. The van der Waals surface area contributed by atoms with E-state index in [2.05, 4.69) is 21.4 Å². The average molecular weight is 270 g/mol. The third-order valence-corrected chi connectivity index (χ3v) is 3.55. The predicted octanol–water partition coefficient (Wildman–Crippen LogP) is 1.93.